The average Bonchev–Trinajstić information content (AvgIpc) is 2.41. The minimum Gasteiger partial charge on any atom is -0.319 e. The first-order chi connectivity index (χ1) is 9.47. The molecule has 1 amide bonds. The number of carbonyl (C=O) groups is 2. The molecule has 1 N–H and O–H groups in total. The van der Waals surface area contributed by atoms with Gasteiger partial charge in [-0.1, -0.05) is 24.3 Å². The Morgan fingerprint density at radius 2 is 1.65 bits per heavy atom. The number of carbonyl (C=O) groups excluding carboxylic acids is 2. The van der Waals surface area contributed by atoms with Gasteiger partial charge in [0.15, 0.2) is 0 Å². The van der Waals surface area contributed by atoms with Gasteiger partial charge < -0.3 is 5.32 Å². The molecule has 0 aliphatic carbocycles. The van der Waals surface area contributed by atoms with E-state index in [2.05, 4.69) is 5.32 Å². The molecule has 0 unspecified atom stereocenters. The molecule has 102 valence electrons. The number of benzene rings is 2. The van der Waals surface area contributed by atoms with Gasteiger partial charge in [-0.25, -0.2) is 0 Å². The van der Waals surface area contributed by atoms with E-state index < -0.39 is 11.7 Å². The fraction of sp³-hybridized carbons (Fsp3) is 0.176. The second-order valence-electron chi connectivity index (χ2n) is 4.95. The number of rotatable bonds is 3. The molecule has 0 aromatic heterocycles. The van der Waals surface area contributed by atoms with Gasteiger partial charge in [0.1, 0.15) is 0 Å². The zero-order chi connectivity index (χ0) is 14.7. The minimum absolute atomic E-state index is 0.415. The van der Waals surface area contributed by atoms with E-state index in [1.165, 1.54) is 0 Å². The van der Waals surface area contributed by atoms with E-state index in [0.29, 0.717) is 11.3 Å². The summed E-state index contributed by atoms with van der Waals surface area (Å²) >= 11 is 0. The Morgan fingerprint density at radius 1 is 0.900 bits per heavy atom. The Kier molecular flexibility index (Phi) is 3.99. The van der Waals surface area contributed by atoms with Crippen molar-refractivity contribution in [3.63, 3.8) is 0 Å². The summed E-state index contributed by atoms with van der Waals surface area (Å²) in [7, 11) is 0. The van der Waals surface area contributed by atoms with Gasteiger partial charge in [-0.3, -0.25) is 9.59 Å². The van der Waals surface area contributed by atoms with Crippen molar-refractivity contribution in [1.82, 2.24) is 0 Å². The lowest BCUT2D eigenvalue weighted by Gasteiger charge is -2.07. The Hall–Kier alpha value is -2.42. The van der Waals surface area contributed by atoms with Crippen LogP contribution in [0.2, 0.25) is 0 Å². The van der Waals surface area contributed by atoms with E-state index in [0.717, 1.165) is 16.7 Å². The van der Waals surface area contributed by atoms with Gasteiger partial charge in [0.25, 0.3) is 11.7 Å². The molecule has 0 radical (unpaired) electrons. The average molecular weight is 267 g/mol. The Balaban J connectivity index is 2.16. The summed E-state index contributed by atoms with van der Waals surface area (Å²) in [6.07, 6.45) is 0. The van der Waals surface area contributed by atoms with Crippen molar-refractivity contribution in [2.24, 2.45) is 0 Å². The van der Waals surface area contributed by atoms with Gasteiger partial charge in [-0.2, -0.15) is 0 Å². The van der Waals surface area contributed by atoms with E-state index in [4.69, 9.17) is 0 Å². The quantitative estimate of drug-likeness (QED) is 0.684. The van der Waals surface area contributed by atoms with Crippen LogP contribution in [0.4, 0.5) is 5.69 Å². The number of aryl methyl sites for hydroxylation is 3. The van der Waals surface area contributed by atoms with E-state index in [9.17, 15) is 9.59 Å². The van der Waals surface area contributed by atoms with Crippen LogP contribution in [-0.2, 0) is 4.79 Å². The summed E-state index contributed by atoms with van der Waals surface area (Å²) in [5.74, 6) is -1.13. The van der Waals surface area contributed by atoms with E-state index in [1.54, 1.807) is 18.2 Å². The van der Waals surface area contributed by atoms with Crippen molar-refractivity contribution in [2.75, 3.05) is 5.32 Å². The molecule has 2 rings (SSSR count). The molecule has 0 fully saturated rings. The molecule has 0 bridgehead atoms. The Bertz CT molecular complexity index is 674. The number of hydrogen-bond donors (Lipinski definition) is 1. The van der Waals surface area contributed by atoms with Crippen LogP contribution >= 0.6 is 0 Å². The Labute approximate surface area is 118 Å². The standard InChI is InChI=1S/C17H17NO2/c1-11-5-4-6-15(9-11)18-17(20)16(19)14-8-7-12(2)13(3)10-14/h4-10H,1-3H3,(H,18,20). The molecule has 0 aliphatic rings. The number of ketones is 1. The molecular formula is C17H17NO2. The predicted molar refractivity (Wildman–Crippen MR) is 80.1 cm³/mol. The molecule has 3 nitrogen and oxygen atoms in total. The van der Waals surface area contributed by atoms with E-state index in [-0.39, 0.29) is 0 Å². The fourth-order valence-corrected chi connectivity index (χ4v) is 1.92. The van der Waals surface area contributed by atoms with Gasteiger partial charge in [0.05, 0.1) is 0 Å². The fourth-order valence-electron chi connectivity index (χ4n) is 1.92. The third-order valence-corrected chi connectivity index (χ3v) is 3.25. The van der Waals surface area contributed by atoms with E-state index >= 15 is 0 Å². The number of hydrogen-bond acceptors (Lipinski definition) is 2. The monoisotopic (exact) mass is 267 g/mol. The van der Waals surface area contributed by atoms with Crippen LogP contribution in [-0.4, -0.2) is 11.7 Å². The summed E-state index contributed by atoms with van der Waals surface area (Å²) in [5, 5.41) is 2.63. The molecule has 0 aliphatic heterocycles. The summed E-state index contributed by atoms with van der Waals surface area (Å²) in [6.45, 7) is 5.82. The first kappa shape index (κ1) is 14.0. The van der Waals surface area contributed by atoms with Crippen molar-refractivity contribution >= 4 is 17.4 Å². The third-order valence-electron chi connectivity index (χ3n) is 3.25. The van der Waals surface area contributed by atoms with Gasteiger partial charge in [0, 0.05) is 11.3 Å². The lowest BCUT2D eigenvalue weighted by molar-refractivity contribution is -0.112. The van der Waals surface area contributed by atoms with Crippen molar-refractivity contribution in [3.8, 4) is 0 Å². The first-order valence-corrected chi connectivity index (χ1v) is 6.47. The van der Waals surface area contributed by atoms with Gasteiger partial charge >= 0.3 is 0 Å². The summed E-state index contributed by atoms with van der Waals surface area (Å²) < 4.78 is 0. The number of anilines is 1. The molecular weight excluding hydrogens is 250 g/mol. The van der Waals surface area contributed by atoms with Crippen molar-refractivity contribution in [2.45, 2.75) is 20.8 Å². The molecule has 0 heterocycles. The van der Waals surface area contributed by atoms with Crippen molar-refractivity contribution in [1.29, 1.82) is 0 Å². The van der Waals surface area contributed by atoms with Crippen LogP contribution in [0.25, 0.3) is 0 Å². The molecule has 3 heteroatoms. The van der Waals surface area contributed by atoms with E-state index in [1.807, 2.05) is 45.0 Å². The van der Waals surface area contributed by atoms with Crippen LogP contribution in [0, 0.1) is 20.8 Å². The normalized spacial score (nSPS) is 10.2. The highest BCUT2D eigenvalue weighted by Gasteiger charge is 2.16. The minimum atomic E-state index is -0.612. The molecule has 2 aromatic carbocycles. The van der Waals surface area contributed by atoms with Crippen LogP contribution in [0.5, 0.6) is 0 Å². The number of Topliss-reactive ketones (excluding diaryl/α,β-unsaturated/α-hetero) is 1. The molecule has 20 heavy (non-hydrogen) atoms. The highest BCUT2D eigenvalue weighted by atomic mass is 16.2. The third kappa shape index (κ3) is 3.12. The van der Waals surface area contributed by atoms with Crippen LogP contribution in [0.15, 0.2) is 42.5 Å². The second kappa shape index (κ2) is 5.70. The SMILES string of the molecule is Cc1cccc(NC(=O)C(=O)c2ccc(C)c(C)c2)c1. The highest BCUT2D eigenvalue weighted by molar-refractivity contribution is 6.46. The van der Waals surface area contributed by atoms with Gasteiger partial charge in [0.2, 0.25) is 0 Å². The lowest BCUT2D eigenvalue weighted by atomic mass is 10.0. The van der Waals surface area contributed by atoms with Gasteiger partial charge in [-0.05, 0) is 55.7 Å². The second-order valence-corrected chi connectivity index (χ2v) is 4.95. The molecule has 2 aromatic rings. The maximum atomic E-state index is 12.1. The maximum absolute atomic E-state index is 12.1. The van der Waals surface area contributed by atoms with Crippen molar-refractivity contribution < 1.29 is 9.59 Å². The first-order valence-electron chi connectivity index (χ1n) is 6.47. The maximum Gasteiger partial charge on any atom is 0.296 e. The van der Waals surface area contributed by atoms with Gasteiger partial charge in [-0.15, -0.1) is 0 Å². The molecule has 0 saturated carbocycles. The smallest absolute Gasteiger partial charge is 0.296 e. The summed E-state index contributed by atoms with van der Waals surface area (Å²) in [4.78, 5) is 24.0. The topological polar surface area (TPSA) is 46.2 Å². The van der Waals surface area contributed by atoms with Crippen LogP contribution in [0.3, 0.4) is 0 Å². The summed E-state index contributed by atoms with van der Waals surface area (Å²) in [5.41, 5.74) is 4.17. The zero-order valence-corrected chi connectivity index (χ0v) is 11.9. The molecule has 0 saturated heterocycles. The zero-order valence-electron chi connectivity index (χ0n) is 11.9. The number of nitrogens with one attached hydrogen (secondary N) is 1. The molecule has 0 atom stereocenters. The Morgan fingerprint density at radius 3 is 2.30 bits per heavy atom. The lowest BCUT2D eigenvalue weighted by Crippen LogP contribution is -2.23. The summed E-state index contributed by atoms with van der Waals surface area (Å²) in [6, 6.07) is 12.6. The predicted octanol–water partition coefficient (Wildman–Crippen LogP) is 3.43. The van der Waals surface area contributed by atoms with Crippen LogP contribution < -0.4 is 5.32 Å². The van der Waals surface area contributed by atoms with Crippen molar-refractivity contribution in [3.05, 3.63) is 64.7 Å². The highest BCUT2D eigenvalue weighted by Crippen LogP contribution is 2.13. The number of amides is 1. The molecule has 0 spiro atoms. The largest absolute Gasteiger partial charge is 0.319 e. The van der Waals surface area contributed by atoms with Crippen LogP contribution in [0.1, 0.15) is 27.0 Å².